The molecule has 6 heteroatoms. The van der Waals surface area contributed by atoms with Gasteiger partial charge in [0.05, 0.1) is 6.61 Å². The summed E-state index contributed by atoms with van der Waals surface area (Å²) in [6.45, 7) is 15.7. The highest BCUT2D eigenvalue weighted by molar-refractivity contribution is 6.74. The van der Waals surface area contributed by atoms with Gasteiger partial charge in [-0.15, -0.1) is 0 Å². The molecule has 0 aromatic heterocycles. The Balaban J connectivity index is 1.61. The molecule has 0 unspecified atom stereocenters. The fraction of sp³-hybridized carbons (Fsp3) is 1.00. The number of fused-ring (bicyclic) bond motifs is 5. The Hall–Kier alpha value is 0.0169. The van der Waals surface area contributed by atoms with Crippen LogP contribution in [0, 0.1) is 0 Å². The van der Waals surface area contributed by atoms with E-state index in [0.29, 0.717) is 6.61 Å². The quantitative estimate of drug-likeness (QED) is 0.749. The van der Waals surface area contributed by atoms with E-state index in [4.69, 9.17) is 23.4 Å². The van der Waals surface area contributed by atoms with E-state index in [2.05, 4.69) is 33.9 Å². The van der Waals surface area contributed by atoms with Crippen molar-refractivity contribution in [2.24, 2.45) is 0 Å². The summed E-state index contributed by atoms with van der Waals surface area (Å²) in [5.41, 5.74) is 0. The van der Waals surface area contributed by atoms with Gasteiger partial charge in [-0.25, -0.2) is 0 Å². The van der Waals surface area contributed by atoms with Gasteiger partial charge in [0.15, 0.2) is 20.4 Å². The lowest BCUT2D eigenvalue weighted by molar-refractivity contribution is -0.193. The van der Waals surface area contributed by atoms with Gasteiger partial charge in [-0.3, -0.25) is 0 Å². The fourth-order valence-corrected chi connectivity index (χ4v) is 3.90. The maximum absolute atomic E-state index is 6.27. The van der Waals surface area contributed by atoms with Crippen LogP contribution in [0.3, 0.4) is 0 Å². The molecule has 0 amide bonds. The maximum atomic E-state index is 6.27. The van der Waals surface area contributed by atoms with E-state index in [9.17, 15) is 0 Å². The van der Waals surface area contributed by atoms with Crippen LogP contribution in [-0.4, -0.2) is 51.4 Å². The van der Waals surface area contributed by atoms with Crippen molar-refractivity contribution in [2.45, 2.75) is 89.2 Å². The lowest BCUT2D eigenvalue weighted by atomic mass is 10.0. The van der Waals surface area contributed by atoms with Gasteiger partial charge in [-0.2, -0.15) is 0 Å². The van der Waals surface area contributed by atoms with Crippen molar-refractivity contribution >= 4 is 8.32 Å². The summed E-state index contributed by atoms with van der Waals surface area (Å²) in [6.07, 6.45) is -0.579. The van der Waals surface area contributed by atoms with Crippen molar-refractivity contribution in [2.75, 3.05) is 6.61 Å². The van der Waals surface area contributed by atoms with E-state index in [-0.39, 0.29) is 35.7 Å². The van der Waals surface area contributed by atoms with Crippen LogP contribution in [0.25, 0.3) is 0 Å². The first-order chi connectivity index (χ1) is 9.50. The zero-order valence-corrected chi connectivity index (χ0v) is 15.1. The van der Waals surface area contributed by atoms with Crippen molar-refractivity contribution in [1.29, 1.82) is 0 Å². The zero-order valence-electron chi connectivity index (χ0n) is 14.1. The normalized spacial score (nSPS) is 41.6. The Morgan fingerprint density at radius 3 is 2.24 bits per heavy atom. The Kier molecular flexibility index (Phi) is 3.60. The number of hydrogen-bond acceptors (Lipinski definition) is 5. The molecule has 0 aliphatic carbocycles. The number of ether oxygens (including phenoxy) is 4. The second-order valence-electron chi connectivity index (χ2n) is 8.28. The van der Waals surface area contributed by atoms with Crippen LogP contribution in [0.2, 0.25) is 18.1 Å². The summed E-state index contributed by atoms with van der Waals surface area (Å²) >= 11 is 0. The molecule has 0 saturated carbocycles. The molecular weight excluding hydrogens is 288 g/mol. The molecule has 0 aromatic carbocycles. The minimum absolute atomic E-state index is 0.0354. The summed E-state index contributed by atoms with van der Waals surface area (Å²) in [4.78, 5) is 0. The van der Waals surface area contributed by atoms with Crippen molar-refractivity contribution in [1.82, 2.24) is 0 Å². The van der Waals surface area contributed by atoms with Gasteiger partial charge in [0.2, 0.25) is 0 Å². The highest BCUT2D eigenvalue weighted by Gasteiger charge is 2.63. The van der Waals surface area contributed by atoms with E-state index in [1.165, 1.54) is 0 Å². The number of rotatable bonds is 3. The molecule has 0 spiro atoms. The average molecular weight is 316 g/mol. The summed E-state index contributed by atoms with van der Waals surface area (Å²) in [7, 11) is -1.77. The first-order valence-electron chi connectivity index (χ1n) is 7.81. The number of hydrogen-bond donors (Lipinski definition) is 0. The van der Waals surface area contributed by atoms with Gasteiger partial charge in [0.25, 0.3) is 0 Å². The predicted molar refractivity (Wildman–Crippen MR) is 80.5 cm³/mol. The SMILES string of the molecule is CC1(C)O[C@@H]2[C@H](O1)[C@H]1O[C@@H]2[C@H](CO[Si](C)(C)C(C)(C)C)O1. The van der Waals surface area contributed by atoms with Crippen LogP contribution in [0.15, 0.2) is 0 Å². The molecule has 3 aliphatic heterocycles. The molecule has 3 fully saturated rings. The first-order valence-corrected chi connectivity index (χ1v) is 10.7. The second kappa shape index (κ2) is 4.76. The fourth-order valence-electron chi connectivity index (χ4n) is 2.89. The van der Waals surface area contributed by atoms with Crippen molar-refractivity contribution in [3.05, 3.63) is 0 Å². The Morgan fingerprint density at radius 1 is 1.00 bits per heavy atom. The molecule has 3 heterocycles. The van der Waals surface area contributed by atoms with Crippen molar-refractivity contribution < 1.29 is 23.4 Å². The maximum Gasteiger partial charge on any atom is 0.192 e. The third-order valence-electron chi connectivity index (χ3n) is 5.14. The first kappa shape index (κ1) is 15.9. The lowest BCUT2D eigenvalue weighted by Gasteiger charge is -2.37. The van der Waals surface area contributed by atoms with Crippen molar-refractivity contribution in [3.8, 4) is 0 Å². The molecule has 2 bridgehead atoms. The van der Waals surface area contributed by atoms with Crippen LogP contribution in [0.1, 0.15) is 34.6 Å². The lowest BCUT2D eigenvalue weighted by Crippen LogP contribution is -2.49. The third kappa shape index (κ3) is 2.70. The zero-order chi connectivity index (χ0) is 15.6. The largest absolute Gasteiger partial charge is 0.414 e. The third-order valence-corrected chi connectivity index (χ3v) is 9.64. The molecule has 5 atom stereocenters. The molecule has 0 aromatic rings. The van der Waals surface area contributed by atoms with Gasteiger partial charge in [0, 0.05) is 0 Å². The van der Waals surface area contributed by atoms with Crippen LogP contribution in [-0.2, 0) is 23.4 Å². The van der Waals surface area contributed by atoms with E-state index in [0.717, 1.165) is 0 Å². The summed E-state index contributed by atoms with van der Waals surface area (Å²) in [5, 5.41) is 0.197. The molecule has 122 valence electrons. The molecule has 3 saturated heterocycles. The van der Waals surface area contributed by atoms with E-state index < -0.39 is 14.1 Å². The Bertz CT molecular complexity index is 417. The van der Waals surface area contributed by atoms with Crippen LogP contribution in [0.4, 0.5) is 0 Å². The Morgan fingerprint density at radius 2 is 1.62 bits per heavy atom. The monoisotopic (exact) mass is 316 g/mol. The highest BCUT2D eigenvalue weighted by Crippen LogP contribution is 2.45. The van der Waals surface area contributed by atoms with E-state index >= 15 is 0 Å². The van der Waals surface area contributed by atoms with E-state index in [1.54, 1.807) is 0 Å². The summed E-state index contributed by atoms with van der Waals surface area (Å²) in [5.74, 6) is -0.547. The average Bonchev–Trinajstić information content (AvgIpc) is 2.92. The molecule has 5 nitrogen and oxygen atoms in total. The second-order valence-corrected chi connectivity index (χ2v) is 13.1. The van der Waals surface area contributed by atoms with Crippen LogP contribution >= 0.6 is 0 Å². The summed E-state index contributed by atoms with van der Waals surface area (Å²) < 4.78 is 29.9. The highest BCUT2D eigenvalue weighted by atomic mass is 28.4. The molecular formula is C15H28O5Si. The molecule has 0 radical (unpaired) electrons. The van der Waals surface area contributed by atoms with Gasteiger partial charge in [-0.1, -0.05) is 20.8 Å². The smallest absolute Gasteiger partial charge is 0.192 e. The molecule has 3 aliphatic rings. The standard InChI is InChI=1S/C15H28O5Si/c1-14(2,3)21(6,7)16-8-9-10-11-12(13(17-9)18-10)20-15(4,5)19-11/h9-13H,8H2,1-7H3/t9-,10+,11-,12-,13+/m0/s1. The Labute approximate surface area is 128 Å². The van der Waals surface area contributed by atoms with Crippen LogP contribution in [0.5, 0.6) is 0 Å². The molecule has 0 N–H and O–H groups in total. The van der Waals surface area contributed by atoms with Gasteiger partial charge < -0.3 is 23.4 Å². The van der Waals surface area contributed by atoms with Gasteiger partial charge >= 0.3 is 0 Å². The predicted octanol–water partition coefficient (Wildman–Crippen LogP) is 2.65. The van der Waals surface area contributed by atoms with E-state index in [1.807, 2.05) is 13.8 Å². The van der Waals surface area contributed by atoms with Gasteiger partial charge in [0.1, 0.15) is 24.4 Å². The van der Waals surface area contributed by atoms with Gasteiger partial charge in [-0.05, 0) is 32.0 Å². The van der Waals surface area contributed by atoms with Crippen LogP contribution < -0.4 is 0 Å². The minimum atomic E-state index is -1.77. The molecule has 3 rings (SSSR count). The topological polar surface area (TPSA) is 46.2 Å². The summed E-state index contributed by atoms with van der Waals surface area (Å²) in [6, 6.07) is 0. The molecule has 21 heavy (non-hydrogen) atoms. The van der Waals surface area contributed by atoms with Crippen molar-refractivity contribution in [3.63, 3.8) is 0 Å². The minimum Gasteiger partial charge on any atom is -0.414 e.